The van der Waals surface area contributed by atoms with E-state index < -0.39 is 0 Å². The van der Waals surface area contributed by atoms with E-state index in [0.29, 0.717) is 25.7 Å². The molecule has 1 atom stereocenters. The second-order valence-corrected chi connectivity index (χ2v) is 8.68. The fourth-order valence-electron chi connectivity index (χ4n) is 3.88. The SMILES string of the molecule is Cl.NC(COCCCCCCc1ccccc1)COCc1ccc(-c2nc3ccccc3o2)cc1. The van der Waals surface area contributed by atoms with Crippen LogP contribution >= 0.6 is 12.4 Å². The van der Waals surface area contributed by atoms with Crippen LogP contribution in [0.3, 0.4) is 0 Å². The third kappa shape index (κ3) is 8.79. The summed E-state index contributed by atoms with van der Waals surface area (Å²) in [5.74, 6) is 0.629. The van der Waals surface area contributed by atoms with Crippen molar-refractivity contribution in [1.29, 1.82) is 0 Å². The fourth-order valence-corrected chi connectivity index (χ4v) is 3.88. The van der Waals surface area contributed by atoms with Gasteiger partial charge in [0.05, 0.1) is 25.9 Å². The van der Waals surface area contributed by atoms with Gasteiger partial charge in [-0.15, -0.1) is 12.4 Å². The third-order valence-corrected chi connectivity index (χ3v) is 5.77. The first-order chi connectivity index (χ1) is 16.8. The summed E-state index contributed by atoms with van der Waals surface area (Å²) in [5, 5.41) is 0. The average Bonchev–Trinajstić information content (AvgIpc) is 3.31. The quantitative estimate of drug-likeness (QED) is 0.200. The minimum Gasteiger partial charge on any atom is -0.436 e. The van der Waals surface area contributed by atoms with Crippen molar-refractivity contribution in [2.45, 2.75) is 44.8 Å². The Kier molecular flexibility index (Phi) is 11.3. The molecule has 1 unspecified atom stereocenters. The van der Waals surface area contributed by atoms with E-state index in [1.807, 2.05) is 48.5 Å². The van der Waals surface area contributed by atoms with Crippen LogP contribution in [0.4, 0.5) is 0 Å². The molecule has 6 heteroatoms. The number of fused-ring (bicyclic) bond motifs is 1. The molecule has 0 aliphatic carbocycles. The van der Waals surface area contributed by atoms with Gasteiger partial charge in [-0.3, -0.25) is 0 Å². The highest BCUT2D eigenvalue weighted by atomic mass is 35.5. The van der Waals surface area contributed by atoms with E-state index in [9.17, 15) is 0 Å². The van der Waals surface area contributed by atoms with Crippen molar-refractivity contribution in [2.75, 3.05) is 19.8 Å². The summed E-state index contributed by atoms with van der Waals surface area (Å²) in [6.07, 6.45) is 5.89. The van der Waals surface area contributed by atoms with Gasteiger partial charge in [-0.25, -0.2) is 4.98 Å². The van der Waals surface area contributed by atoms with Crippen LogP contribution < -0.4 is 5.73 Å². The van der Waals surface area contributed by atoms with E-state index in [4.69, 9.17) is 19.6 Å². The average molecular weight is 495 g/mol. The van der Waals surface area contributed by atoms with Crippen LogP contribution in [0.15, 0.2) is 83.3 Å². The molecular formula is C29H35ClN2O3. The number of benzene rings is 3. The zero-order valence-corrected chi connectivity index (χ0v) is 20.9. The van der Waals surface area contributed by atoms with Gasteiger partial charge in [0.1, 0.15) is 5.52 Å². The Balaban J connectivity index is 0.00000342. The van der Waals surface area contributed by atoms with E-state index in [0.717, 1.165) is 41.7 Å². The lowest BCUT2D eigenvalue weighted by atomic mass is 10.1. The monoisotopic (exact) mass is 494 g/mol. The molecule has 0 saturated carbocycles. The Hall–Kier alpha value is -2.70. The molecule has 1 heterocycles. The van der Waals surface area contributed by atoms with E-state index >= 15 is 0 Å². The number of aromatic nitrogens is 1. The van der Waals surface area contributed by atoms with Crippen LogP contribution in [0.5, 0.6) is 0 Å². The van der Waals surface area contributed by atoms with Crippen molar-refractivity contribution in [3.63, 3.8) is 0 Å². The third-order valence-electron chi connectivity index (χ3n) is 5.77. The number of hydrogen-bond donors (Lipinski definition) is 1. The van der Waals surface area contributed by atoms with Crippen molar-refractivity contribution in [3.05, 3.63) is 90.0 Å². The van der Waals surface area contributed by atoms with Crippen molar-refractivity contribution >= 4 is 23.5 Å². The number of ether oxygens (including phenoxy) is 2. The first-order valence-corrected chi connectivity index (χ1v) is 12.2. The van der Waals surface area contributed by atoms with Crippen molar-refractivity contribution in [2.24, 2.45) is 5.73 Å². The highest BCUT2D eigenvalue weighted by Crippen LogP contribution is 2.24. The van der Waals surface area contributed by atoms with E-state index in [1.165, 1.54) is 24.8 Å². The Bertz CT molecular complexity index is 1080. The molecule has 4 rings (SSSR count). The normalized spacial score (nSPS) is 11.9. The molecule has 0 fully saturated rings. The zero-order chi connectivity index (χ0) is 23.4. The molecule has 1 aromatic heterocycles. The molecule has 0 saturated heterocycles. The van der Waals surface area contributed by atoms with Gasteiger partial charge in [0, 0.05) is 12.2 Å². The van der Waals surface area contributed by atoms with Crippen LogP contribution in [0.25, 0.3) is 22.6 Å². The van der Waals surface area contributed by atoms with E-state index in [-0.39, 0.29) is 18.4 Å². The highest BCUT2D eigenvalue weighted by molar-refractivity contribution is 5.85. The number of unbranched alkanes of at least 4 members (excludes halogenated alkanes) is 3. The van der Waals surface area contributed by atoms with E-state index in [1.54, 1.807) is 0 Å². The molecule has 0 spiro atoms. The lowest BCUT2D eigenvalue weighted by Crippen LogP contribution is -2.31. The maximum atomic E-state index is 6.13. The Labute approximate surface area is 214 Å². The standard InChI is InChI=1S/C29H34N2O3.ClH/c30-26(21-32-19-9-2-1-4-10-23-11-5-3-6-12-23)22-33-20-24-15-17-25(18-16-24)29-31-27-13-7-8-14-28(27)34-29;/h3,5-8,11-18,26H,1-2,4,9-10,19-22,30H2;1H. The minimum atomic E-state index is -0.114. The number of nitrogens with two attached hydrogens (primary N) is 1. The summed E-state index contributed by atoms with van der Waals surface area (Å²) in [7, 11) is 0. The van der Waals surface area contributed by atoms with Crippen molar-refractivity contribution in [1.82, 2.24) is 4.98 Å². The van der Waals surface area contributed by atoms with Crippen molar-refractivity contribution < 1.29 is 13.9 Å². The molecule has 0 aliphatic rings. The number of para-hydroxylation sites is 2. The summed E-state index contributed by atoms with van der Waals surface area (Å²) in [6, 6.07) is 26.4. The predicted octanol–water partition coefficient (Wildman–Crippen LogP) is 6.58. The Morgan fingerprint density at radius 2 is 1.46 bits per heavy atom. The van der Waals surface area contributed by atoms with Crippen molar-refractivity contribution in [3.8, 4) is 11.5 Å². The summed E-state index contributed by atoms with van der Waals surface area (Å²) < 4.78 is 17.3. The van der Waals surface area contributed by atoms with Gasteiger partial charge >= 0.3 is 0 Å². The second-order valence-electron chi connectivity index (χ2n) is 8.68. The Morgan fingerprint density at radius 3 is 2.26 bits per heavy atom. The van der Waals surface area contributed by atoms with Gasteiger partial charge in [-0.2, -0.15) is 0 Å². The van der Waals surface area contributed by atoms with Gasteiger partial charge < -0.3 is 19.6 Å². The number of oxazole rings is 1. The van der Waals surface area contributed by atoms with Crippen LogP contribution in [-0.4, -0.2) is 30.8 Å². The van der Waals surface area contributed by atoms with Gasteiger partial charge in [-0.05, 0) is 54.7 Å². The molecule has 0 amide bonds. The molecule has 2 N–H and O–H groups in total. The van der Waals surface area contributed by atoms with Crippen LogP contribution in [0.1, 0.15) is 36.8 Å². The van der Waals surface area contributed by atoms with Gasteiger partial charge in [0.15, 0.2) is 5.58 Å². The number of aryl methyl sites for hydroxylation is 1. The lowest BCUT2D eigenvalue weighted by Gasteiger charge is -2.13. The molecule has 0 radical (unpaired) electrons. The zero-order valence-electron chi connectivity index (χ0n) is 20.1. The smallest absolute Gasteiger partial charge is 0.227 e. The lowest BCUT2D eigenvalue weighted by molar-refractivity contribution is 0.0594. The first kappa shape index (κ1) is 26.9. The summed E-state index contributed by atoms with van der Waals surface area (Å²) in [4.78, 5) is 4.54. The predicted molar refractivity (Wildman–Crippen MR) is 144 cm³/mol. The molecule has 186 valence electrons. The van der Waals surface area contributed by atoms with Gasteiger partial charge in [0.25, 0.3) is 0 Å². The molecule has 35 heavy (non-hydrogen) atoms. The minimum absolute atomic E-state index is 0. The first-order valence-electron chi connectivity index (χ1n) is 12.2. The van der Waals surface area contributed by atoms with Gasteiger partial charge in [0.2, 0.25) is 5.89 Å². The second kappa shape index (κ2) is 14.6. The maximum absolute atomic E-state index is 6.13. The van der Waals surface area contributed by atoms with E-state index in [2.05, 4.69) is 35.3 Å². The molecular weight excluding hydrogens is 460 g/mol. The number of nitrogens with zero attached hydrogens (tertiary/aromatic N) is 1. The fraction of sp³-hybridized carbons (Fsp3) is 0.345. The van der Waals surface area contributed by atoms with Crippen LogP contribution in [-0.2, 0) is 22.5 Å². The molecule has 5 nitrogen and oxygen atoms in total. The molecule has 3 aromatic carbocycles. The number of halogens is 1. The van der Waals surface area contributed by atoms with Crippen LogP contribution in [0, 0.1) is 0 Å². The number of hydrogen-bond acceptors (Lipinski definition) is 5. The molecule has 0 bridgehead atoms. The molecule has 4 aromatic rings. The summed E-state index contributed by atoms with van der Waals surface area (Å²) >= 11 is 0. The Morgan fingerprint density at radius 1 is 0.743 bits per heavy atom. The highest BCUT2D eigenvalue weighted by Gasteiger charge is 2.08. The molecule has 0 aliphatic heterocycles. The largest absolute Gasteiger partial charge is 0.436 e. The maximum Gasteiger partial charge on any atom is 0.227 e. The summed E-state index contributed by atoms with van der Waals surface area (Å²) in [5.41, 5.74) is 11.2. The topological polar surface area (TPSA) is 70.5 Å². The number of rotatable bonds is 14. The summed E-state index contributed by atoms with van der Waals surface area (Å²) in [6.45, 7) is 2.28. The van der Waals surface area contributed by atoms with Crippen LogP contribution in [0.2, 0.25) is 0 Å². The van der Waals surface area contributed by atoms with Gasteiger partial charge in [-0.1, -0.05) is 67.4 Å².